The van der Waals surface area contributed by atoms with Crippen LogP contribution in [0.15, 0.2) is 11.6 Å². The lowest BCUT2D eigenvalue weighted by Gasteiger charge is -2.18. The standard InChI is InChI=1S/C11H16ClNO3/c12-6-4-8-16-11(15)9-13-7-3-1-2-5-10(13)14/h4,6H,1-3,5,7-9H2. The predicted octanol–water partition coefficient (Wildman–Crippen LogP) is 1.68. The van der Waals surface area contributed by atoms with Crippen LogP contribution in [0.25, 0.3) is 0 Å². The first-order valence-corrected chi connectivity index (χ1v) is 5.86. The molecule has 1 amide bonds. The zero-order chi connectivity index (χ0) is 11.8. The molecule has 0 N–H and O–H groups in total. The number of nitrogens with zero attached hydrogens (tertiary/aromatic N) is 1. The number of ether oxygens (including phenoxy) is 1. The number of carbonyl (C=O) groups excluding carboxylic acids is 2. The molecule has 0 radical (unpaired) electrons. The molecule has 5 heteroatoms. The Morgan fingerprint density at radius 1 is 1.44 bits per heavy atom. The fraction of sp³-hybridized carbons (Fsp3) is 0.636. The van der Waals surface area contributed by atoms with Crippen LogP contribution < -0.4 is 0 Å². The highest BCUT2D eigenvalue weighted by molar-refractivity contribution is 6.25. The maximum atomic E-state index is 11.6. The molecule has 0 spiro atoms. The van der Waals surface area contributed by atoms with Crippen LogP contribution in [0.1, 0.15) is 25.7 Å². The fourth-order valence-corrected chi connectivity index (χ4v) is 1.66. The van der Waals surface area contributed by atoms with Crippen LogP contribution >= 0.6 is 11.6 Å². The van der Waals surface area contributed by atoms with Gasteiger partial charge in [-0.05, 0) is 18.9 Å². The van der Waals surface area contributed by atoms with Crippen molar-refractivity contribution in [2.45, 2.75) is 25.7 Å². The molecule has 1 fully saturated rings. The molecule has 4 nitrogen and oxygen atoms in total. The van der Waals surface area contributed by atoms with Gasteiger partial charge in [-0.3, -0.25) is 9.59 Å². The molecule has 90 valence electrons. The summed E-state index contributed by atoms with van der Waals surface area (Å²) in [4.78, 5) is 24.5. The maximum absolute atomic E-state index is 11.6. The van der Waals surface area contributed by atoms with Gasteiger partial charge in [0, 0.05) is 18.5 Å². The van der Waals surface area contributed by atoms with Gasteiger partial charge < -0.3 is 9.64 Å². The second-order valence-corrected chi connectivity index (χ2v) is 3.92. The molecular formula is C11H16ClNO3. The van der Waals surface area contributed by atoms with E-state index in [1.165, 1.54) is 11.6 Å². The van der Waals surface area contributed by atoms with Gasteiger partial charge >= 0.3 is 5.97 Å². The molecule has 1 saturated heterocycles. The Kier molecular flexibility index (Phi) is 5.93. The second-order valence-electron chi connectivity index (χ2n) is 3.67. The molecular weight excluding hydrogens is 230 g/mol. The Balaban J connectivity index is 2.33. The van der Waals surface area contributed by atoms with Crippen LogP contribution in [0.4, 0.5) is 0 Å². The summed E-state index contributed by atoms with van der Waals surface area (Å²) in [5.74, 6) is -0.340. The summed E-state index contributed by atoms with van der Waals surface area (Å²) in [6.45, 7) is 0.860. The lowest BCUT2D eigenvalue weighted by atomic mass is 10.2. The average Bonchev–Trinajstić information content (AvgIpc) is 2.45. The molecule has 0 aliphatic carbocycles. The number of likely N-dealkylation sites (tertiary alicyclic amines) is 1. The molecule has 0 aromatic rings. The number of halogens is 1. The minimum absolute atomic E-state index is 0.0438. The number of esters is 1. The van der Waals surface area contributed by atoms with Crippen molar-refractivity contribution in [3.8, 4) is 0 Å². The first-order chi connectivity index (χ1) is 7.74. The third-order valence-electron chi connectivity index (χ3n) is 2.42. The predicted molar refractivity (Wildman–Crippen MR) is 61.0 cm³/mol. The molecule has 16 heavy (non-hydrogen) atoms. The van der Waals surface area contributed by atoms with E-state index < -0.39 is 0 Å². The van der Waals surface area contributed by atoms with E-state index in [0.29, 0.717) is 13.0 Å². The molecule has 0 aromatic carbocycles. The number of carbonyl (C=O) groups is 2. The summed E-state index contributed by atoms with van der Waals surface area (Å²) in [7, 11) is 0. The van der Waals surface area contributed by atoms with Gasteiger partial charge in [-0.15, -0.1) is 0 Å². The quantitative estimate of drug-likeness (QED) is 0.708. The molecule has 1 rings (SSSR count). The third kappa shape index (κ3) is 4.66. The molecule has 0 unspecified atom stereocenters. The Morgan fingerprint density at radius 2 is 2.25 bits per heavy atom. The van der Waals surface area contributed by atoms with E-state index in [-0.39, 0.29) is 25.0 Å². The van der Waals surface area contributed by atoms with Gasteiger partial charge in [0.25, 0.3) is 0 Å². The molecule has 1 aliphatic heterocycles. The minimum Gasteiger partial charge on any atom is -0.460 e. The highest BCUT2D eigenvalue weighted by atomic mass is 35.5. The lowest BCUT2D eigenvalue weighted by Crippen LogP contribution is -2.36. The lowest BCUT2D eigenvalue weighted by molar-refractivity contribution is -0.148. The largest absolute Gasteiger partial charge is 0.460 e. The Labute approximate surface area is 100 Å². The molecule has 0 aromatic heterocycles. The van der Waals surface area contributed by atoms with Crippen LogP contribution in [0.3, 0.4) is 0 Å². The highest BCUT2D eigenvalue weighted by Gasteiger charge is 2.19. The van der Waals surface area contributed by atoms with Crippen molar-refractivity contribution in [2.75, 3.05) is 19.7 Å². The monoisotopic (exact) mass is 245 g/mol. The minimum atomic E-state index is -0.384. The van der Waals surface area contributed by atoms with E-state index in [4.69, 9.17) is 16.3 Å². The van der Waals surface area contributed by atoms with Crippen molar-refractivity contribution < 1.29 is 14.3 Å². The average molecular weight is 246 g/mol. The van der Waals surface area contributed by atoms with Crippen molar-refractivity contribution in [1.29, 1.82) is 0 Å². The summed E-state index contributed by atoms with van der Waals surface area (Å²) < 4.78 is 4.87. The summed E-state index contributed by atoms with van der Waals surface area (Å²) in [6, 6.07) is 0. The molecule has 1 aliphatic rings. The normalized spacial score (nSPS) is 17.6. The zero-order valence-corrected chi connectivity index (χ0v) is 9.91. The van der Waals surface area contributed by atoms with Crippen molar-refractivity contribution in [2.24, 2.45) is 0 Å². The van der Waals surface area contributed by atoms with Gasteiger partial charge in [-0.25, -0.2) is 0 Å². The third-order valence-corrected chi connectivity index (χ3v) is 2.60. The van der Waals surface area contributed by atoms with Crippen LogP contribution in [0, 0.1) is 0 Å². The number of amides is 1. The van der Waals surface area contributed by atoms with E-state index in [1.807, 2.05) is 0 Å². The van der Waals surface area contributed by atoms with Gasteiger partial charge in [0.2, 0.25) is 5.91 Å². The van der Waals surface area contributed by atoms with Crippen molar-refractivity contribution >= 4 is 23.5 Å². The first kappa shape index (κ1) is 13.0. The Bertz CT molecular complexity index is 278. The van der Waals surface area contributed by atoms with Crippen molar-refractivity contribution in [3.63, 3.8) is 0 Å². The van der Waals surface area contributed by atoms with Crippen LogP contribution in [-0.4, -0.2) is 36.5 Å². The van der Waals surface area contributed by atoms with Crippen LogP contribution in [0.5, 0.6) is 0 Å². The SMILES string of the molecule is O=C(CN1CCCCCC1=O)OCC=CCl. The van der Waals surface area contributed by atoms with E-state index in [9.17, 15) is 9.59 Å². The van der Waals surface area contributed by atoms with E-state index in [2.05, 4.69) is 0 Å². The molecule has 0 saturated carbocycles. The Morgan fingerprint density at radius 3 is 3.00 bits per heavy atom. The summed E-state index contributed by atoms with van der Waals surface area (Å²) in [5, 5.41) is 0. The number of hydrogen-bond donors (Lipinski definition) is 0. The fourth-order valence-electron chi connectivity index (χ4n) is 1.58. The summed E-state index contributed by atoms with van der Waals surface area (Å²) in [6.07, 6.45) is 4.99. The number of rotatable bonds is 4. The van der Waals surface area contributed by atoms with Gasteiger partial charge in [-0.1, -0.05) is 18.0 Å². The maximum Gasteiger partial charge on any atom is 0.325 e. The summed E-state index contributed by atoms with van der Waals surface area (Å²) >= 11 is 5.29. The zero-order valence-electron chi connectivity index (χ0n) is 9.15. The smallest absolute Gasteiger partial charge is 0.325 e. The van der Waals surface area contributed by atoms with E-state index in [0.717, 1.165) is 19.3 Å². The molecule has 1 heterocycles. The second kappa shape index (κ2) is 7.28. The topological polar surface area (TPSA) is 46.6 Å². The van der Waals surface area contributed by atoms with Gasteiger partial charge in [0.15, 0.2) is 0 Å². The Hall–Kier alpha value is -1.03. The highest BCUT2D eigenvalue weighted by Crippen LogP contribution is 2.10. The van der Waals surface area contributed by atoms with Crippen LogP contribution in [0.2, 0.25) is 0 Å². The molecule has 0 atom stereocenters. The van der Waals surface area contributed by atoms with E-state index >= 15 is 0 Å². The number of hydrogen-bond acceptors (Lipinski definition) is 3. The summed E-state index contributed by atoms with van der Waals surface area (Å²) in [5.41, 5.74) is 1.30. The van der Waals surface area contributed by atoms with Gasteiger partial charge in [0.05, 0.1) is 0 Å². The van der Waals surface area contributed by atoms with Gasteiger partial charge in [0.1, 0.15) is 13.2 Å². The van der Waals surface area contributed by atoms with Gasteiger partial charge in [-0.2, -0.15) is 0 Å². The molecule has 0 bridgehead atoms. The van der Waals surface area contributed by atoms with Crippen LogP contribution in [-0.2, 0) is 14.3 Å². The van der Waals surface area contributed by atoms with E-state index in [1.54, 1.807) is 4.90 Å². The van der Waals surface area contributed by atoms with Crippen molar-refractivity contribution in [3.05, 3.63) is 11.6 Å². The first-order valence-electron chi connectivity index (χ1n) is 5.42. The van der Waals surface area contributed by atoms with Crippen molar-refractivity contribution in [1.82, 2.24) is 4.90 Å².